The molecule has 0 heterocycles. The fourth-order valence-electron chi connectivity index (χ4n) is 1.13. The Morgan fingerprint density at radius 2 is 1.87 bits per heavy atom. The van der Waals surface area contributed by atoms with E-state index in [4.69, 9.17) is 5.11 Å². The van der Waals surface area contributed by atoms with Gasteiger partial charge in [-0.05, 0) is 20.3 Å². The van der Waals surface area contributed by atoms with Gasteiger partial charge in [0.1, 0.15) is 6.54 Å². The molecule has 1 N–H and O–H groups in total. The van der Waals surface area contributed by atoms with Gasteiger partial charge in [-0.1, -0.05) is 6.92 Å². The molecule has 0 aliphatic heterocycles. The summed E-state index contributed by atoms with van der Waals surface area (Å²) in [6, 6.07) is -0.281. The molecular weight excluding hydrogens is 196 g/mol. The maximum absolute atomic E-state index is 11.8. The zero-order valence-electron chi connectivity index (χ0n) is 9.86. The highest BCUT2D eigenvalue weighted by molar-refractivity contribution is 5.80. The Labute approximate surface area is 90.7 Å². The highest BCUT2D eigenvalue weighted by Crippen LogP contribution is 2.06. The lowest BCUT2D eigenvalue weighted by molar-refractivity contribution is -0.138. The summed E-state index contributed by atoms with van der Waals surface area (Å²) in [6.45, 7) is 5.97. The zero-order valence-corrected chi connectivity index (χ0v) is 9.86. The van der Waals surface area contributed by atoms with E-state index in [1.54, 1.807) is 7.05 Å². The Balaban J connectivity index is 4.61. The van der Waals surface area contributed by atoms with Crippen LogP contribution in [0.3, 0.4) is 0 Å². The van der Waals surface area contributed by atoms with E-state index >= 15 is 0 Å². The van der Waals surface area contributed by atoms with Crippen LogP contribution in [-0.2, 0) is 4.79 Å². The van der Waals surface area contributed by atoms with Gasteiger partial charge >= 0.3 is 12.0 Å². The van der Waals surface area contributed by atoms with E-state index in [1.165, 1.54) is 9.80 Å². The maximum Gasteiger partial charge on any atom is 0.323 e. The number of aliphatic carboxylic acids is 1. The normalized spacial score (nSPS) is 12.0. The topological polar surface area (TPSA) is 60.9 Å². The van der Waals surface area contributed by atoms with Gasteiger partial charge in [-0.3, -0.25) is 4.79 Å². The molecule has 1 atom stereocenters. The van der Waals surface area contributed by atoms with Crippen LogP contribution in [-0.4, -0.2) is 53.1 Å². The standard InChI is InChI=1S/C10H20N2O3/c1-5-8(3)12(7-9(13)14)10(15)11(4)6-2/h8H,5-7H2,1-4H3,(H,13,14). The highest BCUT2D eigenvalue weighted by atomic mass is 16.4. The summed E-state index contributed by atoms with van der Waals surface area (Å²) in [6.07, 6.45) is 0.747. The minimum atomic E-state index is -0.979. The van der Waals surface area contributed by atoms with Crippen molar-refractivity contribution in [1.82, 2.24) is 9.80 Å². The fourth-order valence-corrected chi connectivity index (χ4v) is 1.13. The molecule has 1 unspecified atom stereocenters. The number of nitrogens with zero attached hydrogens (tertiary/aromatic N) is 2. The number of urea groups is 1. The summed E-state index contributed by atoms with van der Waals surface area (Å²) in [7, 11) is 1.67. The highest BCUT2D eigenvalue weighted by Gasteiger charge is 2.23. The predicted octanol–water partition coefficient (Wildman–Crippen LogP) is 1.24. The maximum atomic E-state index is 11.8. The molecule has 0 spiro atoms. The molecule has 0 aliphatic rings. The minimum Gasteiger partial charge on any atom is -0.480 e. The van der Waals surface area contributed by atoms with E-state index < -0.39 is 5.97 Å². The molecule has 0 radical (unpaired) electrons. The zero-order chi connectivity index (χ0) is 12.0. The summed E-state index contributed by atoms with van der Waals surface area (Å²) in [5.74, 6) is -0.979. The van der Waals surface area contributed by atoms with Crippen molar-refractivity contribution < 1.29 is 14.7 Å². The van der Waals surface area contributed by atoms with E-state index in [1.807, 2.05) is 20.8 Å². The Kier molecular flexibility index (Phi) is 5.74. The lowest BCUT2D eigenvalue weighted by atomic mass is 10.2. The van der Waals surface area contributed by atoms with Gasteiger partial charge in [0.15, 0.2) is 0 Å². The smallest absolute Gasteiger partial charge is 0.323 e. The van der Waals surface area contributed by atoms with Crippen molar-refractivity contribution in [1.29, 1.82) is 0 Å². The number of carboxylic acids is 1. The third-order valence-corrected chi connectivity index (χ3v) is 2.48. The molecule has 0 aromatic carbocycles. The lowest BCUT2D eigenvalue weighted by Crippen LogP contribution is -2.47. The minimum absolute atomic E-state index is 0.0531. The molecule has 2 amide bonds. The Morgan fingerprint density at radius 3 is 2.20 bits per heavy atom. The van der Waals surface area contributed by atoms with Crippen molar-refractivity contribution in [2.45, 2.75) is 33.2 Å². The summed E-state index contributed by atoms with van der Waals surface area (Å²) >= 11 is 0. The first-order valence-electron chi connectivity index (χ1n) is 5.17. The van der Waals surface area contributed by atoms with Crippen LogP contribution in [0.25, 0.3) is 0 Å². The first kappa shape index (κ1) is 13.7. The SMILES string of the molecule is CCC(C)N(CC(=O)O)C(=O)N(C)CC. The first-order valence-corrected chi connectivity index (χ1v) is 5.17. The summed E-state index contributed by atoms with van der Waals surface area (Å²) in [5, 5.41) is 8.72. The van der Waals surface area contributed by atoms with Gasteiger partial charge in [-0.15, -0.1) is 0 Å². The summed E-state index contributed by atoms with van der Waals surface area (Å²) in [4.78, 5) is 25.3. The van der Waals surface area contributed by atoms with Crippen LogP contribution in [0.1, 0.15) is 27.2 Å². The van der Waals surface area contributed by atoms with Gasteiger partial charge < -0.3 is 14.9 Å². The van der Waals surface area contributed by atoms with Crippen LogP contribution in [0.2, 0.25) is 0 Å². The second kappa shape index (κ2) is 6.27. The van der Waals surface area contributed by atoms with Crippen LogP contribution < -0.4 is 0 Å². The second-order valence-corrected chi connectivity index (χ2v) is 3.58. The van der Waals surface area contributed by atoms with Gasteiger partial charge in [0, 0.05) is 19.6 Å². The molecule has 0 aromatic rings. The molecule has 5 heteroatoms. The Bertz CT molecular complexity index is 231. The third kappa shape index (κ3) is 4.18. The van der Waals surface area contributed by atoms with E-state index in [9.17, 15) is 9.59 Å². The molecule has 0 bridgehead atoms. The number of carbonyl (C=O) groups excluding carboxylic acids is 1. The van der Waals surface area contributed by atoms with E-state index in [2.05, 4.69) is 0 Å². The molecule has 15 heavy (non-hydrogen) atoms. The fraction of sp³-hybridized carbons (Fsp3) is 0.800. The molecule has 0 rings (SSSR count). The molecule has 0 fully saturated rings. The number of hydrogen-bond acceptors (Lipinski definition) is 2. The van der Waals surface area contributed by atoms with Crippen LogP contribution in [0, 0.1) is 0 Å². The average Bonchev–Trinajstić information content (AvgIpc) is 2.22. The molecule has 0 aromatic heterocycles. The van der Waals surface area contributed by atoms with Crippen LogP contribution in [0.4, 0.5) is 4.79 Å². The van der Waals surface area contributed by atoms with Crippen molar-refractivity contribution in [3.63, 3.8) is 0 Å². The van der Waals surface area contributed by atoms with Crippen molar-refractivity contribution >= 4 is 12.0 Å². The summed E-state index contributed by atoms with van der Waals surface area (Å²) in [5.41, 5.74) is 0. The predicted molar refractivity (Wildman–Crippen MR) is 57.8 cm³/mol. The largest absolute Gasteiger partial charge is 0.480 e. The first-order chi connectivity index (χ1) is 6.93. The Hall–Kier alpha value is -1.26. The van der Waals surface area contributed by atoms with Crippen molar-refractivity contribution in [2.75, 3.05) is 20.1 Å². The average molecular weight is 216 g/mol. The van der Waals surface area contributed by atoms with Gasteiger partial charge in [0.25, 0.3) is 0 Å². The van der Waals surface area contributed by atoms with Gasteiger partial charge in [0.2, 0.25) is 0 Å². The number of amides is 2. The van der Waals surface area contributed by atoms with Crippen LogP contribution in [0.15, 0.2) is 0 Å². The molecule has 0 aliphatic carbocycles. The van der Waals surface area contributed by atoms with Gasteiger partial charge in [-0.2, -0.15) is 0 Å². The van der Waals surface area contributed by atoms with Crippen molar-refractivity contribution in [2.24, 2.45) is 0 Å². The van der Waals surface area contributed by atoms with Crippen molar-refractivity contribution in [3.8, 4) is 0 Å². The number of carboxylic acid groups (broad SMARTS) is 1. The van der Waals surface area contributed by atoms with Crippen LogP contribution in [0.5, 0.6) is 0 Å². The quantitative estimate of drug-likeness (QED) is 0.752. The van der Waals surface area contributed by atoms with Gasteiger partial charge in [0.05, 0.1) is 0 Å². The number of rotatable bonds is 5. The molecule has 88 valence electrons. The lowest BCUT2D eigenvalue weighted by Gasteiger charge is -2.30. The molecule has 0 saturated heterocycles. The van der Waals surface area contributed by atoms with Crippen LogP contribution >= 0.6 is 0 Å². The summed E-state index contributed by atoms with van der Waals surface area (Å²) < 4.78 is 0. The van der Waals surface area contributed by atoms with E-state index in [0.29, 0.717) is 6.54 Å². The Morgan fingerprint density at radius 1 is 1.33 bits per heavy atom. The van der Waals surface area contributed by atoms with Crippen molar-refractivity contribution in [3.05, 3.63) is 0 Å². The second-order valence-electron chi connectivity index (χ2n) is 3.58. The number of hydrogen-bond donors (Lipinski definition) is 1. The molecule has 0 saturated carbocycles. The third-order valence-electron chi connectivity index (χ3n) is 2.48. The van der Waals surface area contributed by atoms with E-state index in [0.717, 1.165) is 6.42 Å². The monoisotopic (exact) mass is 216 g/mol. The molecular formula is C10H20N2O3. The molecule has 5 nitrogen and oxygen atoms in total. The van der Waals surface area contributed by atoms with Gasteiger partial charge in [-0.25, -0.2) is 4.79 Å². The number of carbonyl (C=O) groups is 2. The van der Waals surface area contributed by atoms with E-state index in [-0.39, 0.29) is 18.6 Å².